The van der Waals surface area contributed by atoms with Crippen LogP contribution in [0.5, 0.6) is 0 Å². The van der Waals surface area contributed by atoms with Crippen molar-refractivity contribution in [1.82, 2.24) is 10.2 Å². The molecule has 2 amide bonds. The van der Waals surface area contributed by atoms with Crippen LogP contribution in [-0.2, 0) is 4.79 Å². The maximum atomic E-state index is 11.4. The minimum atomic E-state index is -0.993. The van der Waals surface area contributed by atoms with E-state index in [1.165, 1.54) is 0 Å². The molecule has 2 N–H and O–H groups in total. The van der Waals surface area contributed by atoms with Crippen LogP contribution in [0.2, 0.25) is 0 Å². The summed E-state index contributed by atoms with van der Waals surface area (Å²) in [5.41, 5.74) is 0. The van der Waals surface area contributed by atoms with Crippen LogP contribution in [0.1, 0.15) is 27.2 Å². The maximum Gasteiger partial charge on any atom is 0.326 e. The van der Waals surface area contributed by atoms with Gasteiger partial charge in [0.05, 0.1) is 0 Å². The van der Waals surface area contributed by atoms with Crippen LogP contribution in [0, 0.1) is 0 Å². The van der Waals surface area contributed by atoms with Gasteiger partial charge in [0.1, 0.15) is 6.04 Å². The first kappa shape index (κ1) is 12.7. The second-order valence-electron chi connectivity index (χ2n) is 2.92. The van der Waals surface area contributed by atoms with Gasteiger partial charge in [-0.1, -0.05) is 6.92 Å². The summed E-state index contributed by atoms with van der Waals surface area (Å²) in [5, 5.41) is 11.2. The molecule has 5 nitrogen and oxygen atoms in total. The lowest BCUT2D eigenvalue weighted by Crippen LogP contribution is -2.47. The van der Waals surface area contributed by atoms with E-state index in [4.69, 9.17) is 5.11 Å². The lowest BCUT2D eigenvalue weighted by molar-refractivity contribution is -0.139. The molecule has 14 heavy (non-hydrogen) atoms. The molecular formula is C9H18N2O3. The molecule has 0 radical (unpaired) electrons. The average molecular weight is 202 g/mol. The molecule has 0 aromatic carbocycles. The van der Waals surface area contributed by atoms with Gasteiger partial charge in [0, 0.05) is 13.1 Å². The Morgan fingerprint density at radius 3 is 2.07 bits per heavy atom. The average Bonchev–Trinajstić information content (AvgIpc) is 2.15. The first-order valence-electron chi connectivity index (χ1n) is 4.84. The van der Waals surface area contributed by atoms with Crippen molar-refractivity contribution >= 4 is 12.0 Å². The van der Waals surface area contributed by atoms with Gasteiger partial charge in [-0.25, -0.2) is 9.59 Å². The summed E-state index contributed by atoms with van der Waals surface area (Å²) in [7, 11) is 0. The topological polar surface area (TPSA) is 69.6 Å². The molecule has 0 saturated heterocycles. The predicted octanol–water partition coefficient (Wildman–Crippen LogP) is 0.901. The molecule has 0 bridgehead atoms. The van der Waals surface area contributed by atoms with Crippen LogP contribution in [0.4, 0.5) is 4.79 Å². The van der Waals surface area contributed by atoms with Crippen LogP contribution < -0.4 is 5.32 Å². The Balaban J connectivity index is 4.20. The summed E-state index contributed by atoms with van der Waals surface area (Å²) in [5.74, 6) is -0.993. The summed E-state index contributed by atoms with van der Waals surface area (Å²) < 4.78 is 0. The molecule has 0 aliphatic heterocycles. The van der Waals surface area contributed by atoms with Crippen molar-refractivity contribution in [1.29, 1.82) is 0 Å². The molecule has 0 unspecified atom stereocenters. The molecule has 0 aliphatic rings. The number of rotatable bonds is 5. The number of aliphatic carboxylic acids is 1. The smallest absolute Gasteiger partial charge is 0.326 e. The Kier molecular flexibility index (Phi) is 5.67. The van der Waals surface area contributed by atoms with Gasteiger partial charge >= 0.3 is 12.0 Å². The van der Waals surface area contributed by atoms with Crippen LogP contribution in [0.3, 0.4) is 0 Å². The SMILES string of the molecule is CC[C@H](NC(=O)N(CC)CC)C(=O)O. The van der Waals surface area contributed by atoms with Crippen LogP contribution in [0.25, 0.3) is 0 Å². The standard InChI is InChI=1S/C9H18N2O3/c1-4-7(8(12)13)10-9(14)11(5-2)6-3/h7H,4-6H2,1-3H3,(H,10,14)(H,12,13)/t7-/m0/s1. The Morgan fingerprint density at radius 2 is 1.79 bits per heavy atom. The van der Waals surface area contributed by atoms with Crippen molar-refractivity contribution in [2.75, 3.05) is 13.1 Å². The lowest BCUT2D eigenvalue weighted by atomic mass is 10.2. The summed E-state index contributed by atoms with van der Waals surface area (Å²) in [6.45, 7) is 6.59. The highest BCUT2D eigenvalue weighted by atomic mass is 16.4. The third-order valence-electron chi connectivity index (χ3n) is 2.05. The minimum Gasteiger partial charge on any atom is -0.480 e. The third kappa shape index (κ3) is 3.64. The normalized spacial score (nSPS) is 11.9. The van der Waals surface area contributed by atoms with E-state index < -0.39 is 12.0 Å². The fraction of sp³-hybridized carbons (Fsp3) is 0.778. The van der Waals surface area contributed by atoms with Gasteiger partial charge in [0.25, 0.3) is 0 Å². The summed E-state index contributed by atoms with van der Waals surface area (Å²) in [6.07, 6.45) is 0.391. The number of carboxylic acids is 1. The van der Waals surface area contributed by atoms with Crippen molar-refractivity contribution in [2.24, 2.45) is 0 Å². The molecule has 0 spiro atoms. The second kappa shape index (κ2) is 6.23. The van der Waals surface area contributed by atoms with E-state index >= 15 is 0 Å². The van der Waals surface area contributed by atoms with E-state index in [0.29, 0.717) is 19.5 Å². The zero-order valence-electron chi connectivity index (χ0n) is 8.91. The zero-order valence-corrected chi connectivity index (χ0v) is 8.91. The van der Waals surface area contributed by atoms with Gasteiger partial charge in [0.15, 0.2) is 0 Å². The minimum absolute atomic E-state index is 0.316. The Labute approximate surface area is 84.1 Å². The van der Waals surface area contributed by atoms with Gasteiger partial charge in [-0.05, 0) is 20.3 Å². The van der Waals surface area contributed by atoms with Crippen LogP contribution >= 0.6 is 0 Å². The predicted molar refractivity (Wildman–Crippen MR) is 53.2 cm³/mol. The highest BCUT2D eigenvalue weighted by Gasteiger charge is 2.19. The van der Waals surface area contributed by atoms with Crippen LogP contribution in [-0.4, -0.2) is 41.1 Å². The van der Waals surface area contributed by atoms with Crippen molar-refractivity contribution in [3.05, 3.63) is 0 Å². The Morgan fingerprint density at radius 1 is 1.29 bits per heavy atom. The van der Waals surface area contributed by atoms with E-state index in [9.17, 15) is 9.59 Å². The molecule has 0 aromatic heterocycles. The van der Waals surface area contributed by atoms with Gasteiger partial charge in [0.2, 0.25) is 0 Å². The van der Waals surface area contributed by atoms with Gasteiger partial charge in [-0.3, -0.25) is 0 Å². The lowest BCUT2D eigenvalue weighted by Gasteiger charge is -2.21. The number of urea groups is 1. The van der Waals surface area contributed by atoms with Crippen molar-refractivity contribution in [3.63, 3.8) is 0 Å². The fourth-order valence-corrected chi connectivity index (χ4v) is 1.09. The number of amides is 2. The highest BCUT2D eigenvalue weighted by molar-refractivity contribution is 5.82. The molecule has 0 rings (SSSR count). The Bertz CT molecular complexity index is 202. The molecule has 1 atom stereocenters. The van der Waals surface area contributed by atoms with Crippen molar-refractivity contribution in [3.8, 4) is 0 Å². The molecule has 0 aliphatic carbocycles. The number of nitrogens with one attached hydrogen (secondary N) is 1. The second-order valence-corrected chi connectivity index (χ2v) is 2.92. The van der Waals surface area contributed by atoms with Crippen molar-refractivity contribution in [2.45, 2.75) is 33.2 Å². The Hall–Kier alpha value is -1.26. The molecule has 0 heterocycles. The summed E-state index contributed by atoms with van der Waals surface area (Å²) >= 11 is 0. The number of carboxylic acid groups (broad SMARTS) is 1. The summed E-state index contributed by atoms with van der Waals surface area (Å²) in [6, 6.07) is -1.10. The maximum absolute atomic E-state index is 11.4. The van der Waals surface area contributed by atoms with E-state index in [2.05, 4.69) is 5.32 Å². The molecule has 0 fully saturated rings. The van der Waals surface area contributed by atoms with E-state index in [-0.39, 0.29) is 6.03 Å². The third-order valence-corrected chi connectivity index (χ3v) is 2.05. The number of carbonyl (C=O) groups excluding carboxylic acids is 1. The largest absolute Gasteiger partial charge is 0.480 e. The highest BCUT2D eigenvalue weighted by Crippen LogP contribution is 1.94. The van der Waals surface area contributed by atoms with E-state index in [1.807, 2.05) is 13.8 Å². The van der Waals surface area contributed by atoms with Gasteiger partial charge in [-0.2, -0.15) is 0 Å². The van der Waals surface area contributed by atoms with Crippen molar-refractivity contribution < 1.29 is 14.7 Å². The zero-order chi connectivity index (χ0) is 11.1. The summed E-state index contributed by atoms with van der Waals surface area (Å²) in [4.78, 5) is 23.6. The molecule has 82 valence electrons. The molecule has 0 saturated carbocycles. The number of nitrogens with zero attached hydrogens (tertiary/aromatic N) is 1. The quantitative estimate of drug-likeness (QED) is 0.696. The van der Waals surface area contributed by atoms with Gasteiger partial charge in [-0.15, -0.1) is 0 Å². The van der Waals surface area contributed by atoms with Gasteiger partial charge < -0.3 is 15.3 Å². The first-order chi connectivity index (χ1) is 6.56. The van der Waals surface area contributed by atoms with Crippen LogP contribution in [0.15, 0.2) is 0 Å². The van der Waals surface area contributed by atoms with E-state index in [1.54, 1.807) is 11.8 Å². The van der Waals surface area contributed by atoms with E-state index in [0.717, 1.165) is 0 Å². The first-order valence-corrected chi connectivity index (χ1v) is 4.84. The molecule has 5 heteroatoms. The monoisotopic (exact) mass is 202 g/mol. The number of hydrogen-bond donors (Lipinski definition) is 2. The number of hydrogen-bond acceptors (Lipinski definition) is 2. The molecular weight excluding hydrogens is 184 g/mol. The molecule has 0 aromatic rings. The number of carbonyl (C=O) groups is 2. The fourth-order valence-electron chi connectivity index (χ4n) is 1.09.